The van der Waals surface area contributed by atoms with Crippen LogP contribution in [0.25, 0.3) is 11.3 Å². The van der Waals surface area contributed by atoms with Gasteiger partial charge in [-0.2, -0.15) is 0 Å². The van der Waals surface area contributed by atoms with Crippen molar-refractivity contribution in [3.8, 4) is 11.3 Å². The van der Waals surface area contributed by atoms with Crippen molar-refractivity contribution in [2.24, 2.45) is 0 Å². The highest BCUT2D eigenvalue weighted by Crippen LogP contribution is 2.33. The molecule has 0 bridgehead atoms. The van der Waals surface area contributed by atoms with Crippen molar-refractivity contribution in [2.75, 3.05) is 25.0 Å². The molecule has 2 aromatic rings. The molecule has 4 nitrogen and oxygen atoms in total. The number of halogens is 3. The van der Waals surface area contributed by atoms with Crippen LogP contribution in [0.2, 0.25) is 10.0 Å². The number of likely N-dealkylation sites (tertiary alicyclic amines) is 1. The van der Waals surface area contributed by atoms with E-state index in [2.05, 4.69) is 10.3 Å². The quantitative estimate of drug-likeness (QED) is 0.812. The first-order valence-corrected chi connectivity index (χ1v) is 8.80. The van der Waals surface area contributed by atoms with Crippen LogP contribution in [0.15, 0.2) is 17.5 Å². The highest BCUT2D eigenvalue weighted by Gasteiger charge is 2.18. The largest absolute Gasteiger partial charge is 0.352 e. The molecule has 2 heterocycles. The lowest BCUT2D eigenvalue weighted by Crippen LogP contribution is -2.32. The maximum Gasteiger partial charge on any atom is 0.241 e. The second-order valence-corrected chi connectivity index (χ2v) is 6.93. The summed E-state index contributed by atoms with van der Waals surface area (Å²) in [6.45, 7) is 1.82. The van der Waals surface area contributed by atoms with E-state index in [0.717, 1.165) is 25.9 Å². The van der Waals surface area contributed by atoms with Crippen molar-refractivity contribution in [2.45, 2.75) is 12.8 Å². The average molecular weight is 374 g/mol. The zero-order valence-electron chi connectivity index (χ0n) is 12.1. The van der Waals surface area contributed by atoms with Crippen LogP contribution in [0.5, 0.6) is 0 Å². The molecule has 1 N–H and O–H groups in total. The standard InChI is InChI=1S/C15H14Cl2FN3OS/c16-9-5-10(14(18)11(17)6-9)12-8-23-15(20-12)19-7-13(22)21-3-1-2-4-21/h5-6,8H,1-4,7H2,(H,19,20). The zero-order valence-corrected chi connectivity index (χ0v) is 14.4. The van der Waals surface area contributed by atoms with Gasteiger partial charge in [0.25, 0.3) is 0 Å². The molecule has 3 rings (SSSR count). The maximum absolute atomic E-state index is 14.1. The van der Waals surface area contributed by atoms with Crippen LogP contribution < -0.4 is 5.32 Å². The molecular weight excluding hydrogens is 360 g/mol. The number of anilines is 1. The maximum atomic E-state index is 14.1. The lowest BCUT2D eigenvalue weighted by atomic mass is 10.1. The van der Waals surface area contributed by atoms with Gasteiger partial charge in [-0.25, -0.2) is 9.37 Å². The lowest BCUT2D eigenvalue weighted by Gasteiger charge is -2.14. The van der Waals surface area contributed by atoms with E-state index in [9.17, 15) is 9.18 Å². The van der Waals surface area contributed by atoms with Crippen molar-refractivity contribution in [3.05, 3.63) is 33.4 Å². The molecule has 1 amide bonds. The Bertz CT molecular complexity index is 732. The van der Waals surface area contributed by atoms with Gasteiger partial charge in [0.2, 0.25) is 5.91 Å². The number of nitrogens with zero attached hydrogens (tertiary/aromatic N) is 2. The summed E-state index contributed by atoms with van der Waals surface area (Å²) < 4.78 is 14.1. The van der Waals surface area contributed by atoms with Gasteiger partial charge in [-0.3, -0.25) is 4.79 Å². The number of benzene rings is 1. The molecule has 0 aliphatic carbocycles. The summed E-state index contributed by atoms with van der Waals surface area (Å²) >= 11 is 13.0. The zero-order chi connectivity index (χ0) is 16.4. The molecule has 1 aliphatic rings. The van der Waals surface area contributed by atoms with Crippen LogP contribution in [0.1, 0.15) is 12.8 Å². The van der Waals surface area contributed by atoms with Gasteiger partial charge in [-0.1, -0.05) is 23.2 Å². The number of carbonyl (C=O) groups is 1. The Labute approximate surface area is 147 Å². The highest BCUT2D eigenvalue weighted by atomic mass is 35.5. The molecule has 1 fully saturated rings. The number of carbonyl (C=O) groups excluding carboxylic acids is 1. The third-order valence-corrected chi connectivity index (χ3v) is 4.92. The fourth-order valence-electron chi connectivity index (χ4n) is 2.45. The summed E-state index contributed by atoms with van der Waals surface area (Å²) in [5, 5.41) is 5.55. The molecule has 0 spiro atoms. The predicted octanol–water partition coefficient (Wildman–Crippen LogP) is 4.29. The number of rotatable bonds is 4. The lowest BCUT2D eigenvalue weighted by molar-refractivity contribution is -0.128. The minimum Gasteiger partial charge on any atom is -0.352 e. The first-order chi connectivity index (χ1) is 11.0. The van der Waals surface area contributed by atoms with Gasteiger partial charge in [0.05, 0.1) is 17.3 Å². The molecular formula is C15H14Cl2FN3OS. The van der Waals surface area contributed by atoms with E-state index in [4.69, 9.17) is 23.2 Å². The van der Waals surface area contributed by atoms with Crippen molar-refractivity contribution in [1.29, 1.82) is 0 Å². The Morgan fingerprint density at radius 1 is 1.35 bits per heavy atom. The molecule has 8 heteroatoms. The summed E-state index contributed by atoms with van der Waals surface area (Å²) in [5.41, 5.74) is 0.686. The normalized spacial score (nSPS) is 14.3. The summed E-state index contributed by atoms with van der Waals surface area (Å²) in [6.07, 6.45) is 2.11. The summed E-state index contributed by atoms with van der Waals surface area (Å²) in [4.78, 5) is 18.1. The van der Waals surface area contributed by atoms with Crippen LogP contribution in [-0.2, 0) is 4.79 Å². The second-order valence-electron chi connectivity index (χ2n) is 5.23. The van der Waals surface area contributed by atoms with Crippen LogP contribution in [-0.4, -0.2) is 35.4 Å². The molecule has 1 aromatic heterocycles. The minimum atomic E-state index is -0.555. The third kappa shape index (κ3) is 3.76. The predicted molar refractivity (Wildman–Crippen MR) is 91.8 cm³/mol. The van der Waals surface area contributed by atoms with Crippen molar-refractivity contribution in [1.82, 2.24) is 9.88 Å². The van der Waals surface area contributed by atoms with E-state index in [1.807, 2.05) is 4.90 Å². The van der Waals surface area contributed by atoms with Crippen LogP contribution >= 0.6 is 34.5 Å². The smallest absolute Gasteiger partial charge is 0.241 e. The van der Waals surface area contributed by atoms with Crippen molar-refractivity contribution in [3.63, 3.8) is 0 Å². The monoisotopic (exact) mass is 373 g/mol. The fourth-order valence-corrected chi connectivity index (χ4v) is 3.65. The van der Waals surface area contributed by atoms with Gasteiger partial charge >= 0.3 is 0 Å². The Hall–Kier alpha value is -1.37. The van der Waals surface area contributed by atoms with E-state index in [1.54, 1.807) is 5.38 Å². The van der Waals surface area contributed by atoms with E-state index in [1.165, 1.54) is 23.5 Å². The van der Waals surface area contributed by atoms with Crippen molar-refractivity contribution >= 4 is 45.6 Å². The Balaban J connectivity index is 1.70. The van der Waals surface area contributed by atoms with Gasteiger partial charge in [0, 0.05) is 29.1 Å². The molecule has 0 unspecified atom stereocenters. The Morgan fingerprint density at radius 3 is 2.83 bits per heavy atom. The second kappa shape index (κ2) is 7.03. The number of thiazole rings is 1. The Morgan fingerprint density at radius 2 is 2.09 bits per heavy atom. The van der Waals surface area contributed by atoms with Gasteiger partial charge in [0.1, 0.15) is 0 Å². The molecule has 23 heavy (non-hydrogen) atoms. The molecule has 122 valence electrons. The number of hydrogen-bond acceptors (Lipinski definition) is 4. The van der Waals surface area contributed by atoms with Crippen molar-refractivity contribution < 1.29 is 9.18 Å². The number of amides is 1. The fraction of sp³-hybridized carbons (Fsp3) is 0.333. The summed E-state index contributed by atoms with van der Waals surface area (Å²) in [5.74, 6) is -0.503. The molecule has 0 saturated carbocycles. The van der Waals surface area contributed by atoms with Crippen LogP contribution in [0.3, 0.4) is 0 Å². The first-order valence-electron chi connectivity index (χ1n) is 7.16. The van der Waals surface area contributed by atoms with Gasteiger partial charge in [-0.05, 0) is 25.0 Å². The van der Waals surface area contributed by atoms with Gasteiger partial charge in [0.15, 0.2) is 10.9 Å². The number of nitrogens with one attached hydrogen (secondary N) is 1. The Kier molecular flexibility index (Phi) is 5.04. The topological polar surface area (TPSA) is 45.2 Å². The SMILES string of the molecule is O=C(CNc1nc(-c2cc(Cl)cc(Cl)c2F)cs1)N1CCCC1. The minimum absolute atomic E-state index is 0.0424. The third-order valence-electron chi connectivity index (χ3n) is 3.62. The molecule has 1 aliphatic heterocycles. The van der Waals surface area contributed by atoms with Gasteiger partial charge in [-0.15, -0.1) is 11.3 Å². The molecule has 1 saturated heterocycles. The highest BCUT2D eigenvalue weighted by molar-refractivity contribution is 7.14. The first kappa shape index (κ1) is 16.5. The van der Waals surface area contributed by atoms with E-state index in [-0.39, 0.29) is 23.0 Å². The average Bonchev–Trinajstić information content (AvgIpc) is 3.19. The number of hydrogen-bond donors (Lipinski definition) is 1. The van der Waals surface area contributed by atoms with E-state index in [0.29, 0.717) is 15.8 Å². The number of aromatic nitrogens is 1. The van der Waals surface area contributed by atoms with E-state index >= 15 is 0 Å². The summed E-state index contributed by atoms with van der Waals surface area (Å²) in [6, 6.07) is 2.83. The molecule has 1 aromatic carbocycles. The van der Waals surface area contributed by atoms with Crippen LogP contribution in [0.4, 0.5) is 9.52 Å². The molecule has 0 radical (unpaired) electrons. The molecule has 0 atom stereocenters. The summed E-state index contributed by atoms with van der Waals surface area (Å²) in [7, 11) is 0. The van der Waals surface area contributed by atoms with Gasteiger partial charge < -0.3 is 10.2 Å². The van der Waals surface area contributed by atoms with Crippen LogP contribution in [0, 0.1) is 5.82 Å². The van der Waals surface area contributed by atoms with E-state index < -0.39 is 5.82 Å².